The maximum absolute atomic E-state index is 4.38. The van der Waals surface area contributed by atoms with Gasteiger partial charge in [0.05, 0.1) is 5.69 Å². The molecule has 4 aromatic heterocycles. The molecule has 4 aromatic rings. The van der Waals surface area contributed by atoms with Crippen molar-refractivity contribution in [2.75, 3.05) is 0 Å². The first-order valence-electron chi connectivity index (χ1n) is 7.48. The predicted molar refractivity (Wildman–Crippen MR) is 91.6 cm³/mol. The van der Waals surface area contributed by atoms with Crippen molar-refractivity contribution in [3.05, 3.63) is 85.7 Å². The third-order valence-corrected chi connectivity index (χ3v) is 3.65. The molecular formula is C20H12N4Y-2. The van der Waals surface area contributed by atoms with E-state index in [2.05, 4.69) is 32.2 Å². The van der Waals surface area contributed by atoms with Crippen molar-refractivity contribution in [3.63, 3.8) is 0 Å². The minimum atomic E-state index is 0. The van der Waals surface area contributed by atoms with Crippen LogP contribution in [0.3, 0.4) is 0 Å². The zero-order chi connectivity index (χ0) is 16.2. The van der Waals surface area contributed by atoms with Crippen LogP contribution in [-0.2, 0) is 32.7 Å². The molecule has 4 nitrogen and oxygen atoms in total. The van der Waals surface area contributed by atoms with Crippen LogP contribution in [0.1, 0.15) is 0 Å². The molecule has 0 bridgehead atoms. The monoisotopic (exact) mass is 397 g/mol. The maximum atomic E-state index is 4.38. The standard InChI is InChI=1S/C20H12N4.Y/c1-2-8-23-19(3-1)20-13-16(6-12-24-20)18-14-22-11-7-17(18)15-4-9-21-10-5-15;/h1-5,7-13H;/q-2;. The van der Waals surface area contributed by atoms with Gasteiger partial charge >= 0.3 is 0 Å². The molecule has 5 heteroatoms. The van der Waals surface area contributed by atoms with Crippen LogP contribution < -0.4 is 0 Å². The molecule has 0 atom stereocenters. The zero-order valence-electron chi connectivity index (χ0n) is 13.3. The van der Waals surface area contributed by atoms with Crippen LogP contribution in [0.2, 0.25) is 0 Å². The third-order valence-electron chi connectivity index (χ3n) is 3.65. The SMILES string of the molecule is [Y].[c-]1cnc(-c2ccccn2)cc1-c1[c-]nccc1-c1ccncc1. The van der Waals surface area contributed by atoms with E-state index in [0.29, 0.717) is 0 Å². The molecule has 0 saturated carbocycles. The molecule has 0 aliphatic rings. The van der Waals surface area contributed by atoms with Gasteiger partial charge in [0.25, 0.3) is 0 Å². The summed E-state index contributed by atoms with van der Waals surface area (Å²) in [6.07, 6.45) is 11.8. The van der Waals surface area contributed by atoms with E-state index in [1.165, 1.54) is 0 Å². The van der Waals surface area contributed by atoms with Crippen LogP contribution >= 0.6 is 0 Å². The third kappa shape index (κ3) is 3.86. The summed E-state index contributed by atoms with van der Waals surface area (Å²) in [6.45, 7) is 0. The first-order chi connectivity index (χ1) is 11.9. The minimum Gasteiger partial charge on any atom is -0.374 e. The van der Waals surface area contributed by atoms with E-state index >= 15 is 0 Å². The number of nitrogens with zero attached hydrogens (tertiary/aromatic N) is 4. The number of hydrogen-bond donors (Lipinski definition) is 0. The first kappa shape index (κ1) is 17.5. The number of rotatable bonds is 3. The fourth-order valence-electron chi connectivity index (χ4n) is 2.52. The van der Waals surface area contributed by atoms with Crippen molar-refractivity contribution >= 4 is 0 Å². The van der Waals surface area contributed by atoms with Crippen LogP contribution in [0, 0.1) is 12.3 Å². The van der Waals surface area contributed by atoms with E-state index < -0.39 is 0 Å². The van der Waals surface area contributed by atoms with Gasteiger partial charge in [0.2, 0.25) is 0 Å². The second-order valence-corrected chi connectivity index (χ2v) is 5.14. The van der Waals surface area contributed by atoms with Crippen molar-refractivity contribution in [3.8, 4) is 33.6 Å². The van der Waals surface area contributed by atoms with Crippen molar-refractivity contribution in [2.24, 2.45) is 0 Å². The van der Waals surface area contributed by atoms with Crippen molar-refractivity contribution < 1.29 is 32.7 Å². The van der Waals surface area contributed by atoms with Gasteiger partial charge in [-0.05, 0) is 30.5 Å². The molecule has 1 radical (unpaired) electrons. The van der Waals surface area contributed by atoms with Gasteiger partial charge in [-0.2, -0.15) is 11.6 Å². The molecule has 4 rings (SSSR count). The molecule has 0 fully saturated rings. The van der Waals surface area contributed by atoms with Crippen LogP contribution in [0.4, 0.5) is 0 Å². The van der Waals surface area contributed by atoms with Gasteiger partial charge in [-0.15, -0.1) is 12.3 Å². The molecule has 117 valence electrons. The average Bonchev–Trinajstić information content (AvgIpc) is 2.69. The maximum Gasteiger partial charge on any atom is 0.0753 e. The normalized spacial score (nSPS) is 10.1. The predicted octanol–water partition coefficient (Wildman–Crippen LogP) is 3.87. The Morgan fingerprint density at radius 3 is 2.48 bits per heavy atom. The molecule has 0 unspecified atom stereocenters. The van der Waals surface area contributed by atoms with Gasteiger partial charge in [-0.25, -0.2) is 11.6 Å². The summed E-state index contributed by atoms with van der Waals surface area (Å²) < 4.78 is 0. The average molecular weight is 397 g/mol. The second kappa shape index (κ2) is 8.19. The topological polar surface area (TPSA) is 51.6 Å². The van der Waals surface area contributed by atoms with Crippen LogP contribution in [0.25, 0.3) is 33.6 Å². The van der Waals surface area contributed by atoms with E-state index in [0.717, 1.165) is 33.6 Å². The summed E-state index contributed by atoms with van der Waals surface area (Å²) >= 11 is 0. The number of aromatic nitrogens is 4. The van der Waals surface area contributed by atoms with Gasteiger partial charge in [-0.1, -0.05) is 17.8 Å². The van der Waals surface area contributed by atoms with E-state index in [4.69, 9.17) is 0 Å². The molecule has 0 aliphatic heterocycles. The zero-order valence-corrected chi connectivity index (χ0v) is 16.1. The molecule has 0 spiro atoms. The van der Waals surface area contributed by atoms with Gasteiger partial charge in [0, 0.05) is 57.0 Å². The second-order valence-electron chi connectivity index (χ2n) is 5.14. The molecule has 0 saturated heterocycles. The fourth-order valence-corrected chi connectivity index (χ4v) is 2.52. The number of hydrogen-bond acceptors (Lipinski definition) is 4. The Morgan fingerprint density at radius 2 is 1.68 bits per heavy atom. The summed E-state index contributed by atoms with van der Waals surface area (Å²) in [6, 6.07) is 16.8. The Kier molecular flexibility index (Phi) is 5.74. The Balaban J connectivity index is 0.00000182. The van der Waals surface area contributed by atoms with Crippen LogP contribution in [0.15, 0.2) is 73.4 Å². The smallest absolute Gasteiger partial charge is 0.0753 e. The van der Waals surface area contributed by atoms with Crippen molar-refractivity contribution in [2.45, 2.75) is 0 Å². The van der Waals surface area contributed by atoms with E-state index in [-0.39, 0.29) is 32.7 Å². The van der Waals surface area contributed by atoms with Gasteiger partial charge in [-0.3, -0.25) is 20.5 Å². The summed E-state index contributed by atoms with van der Waals surface area (Å²) in [4.78, 5) is 17.0. The van der Waals surface area contributed by atoms with Crippen molar-refractivity contribution in [1.29, 1.82) is 0 Å². The molecule has 25 heavy (non-hydrogen) atoms. The number of pyridine rings is 4. The Hall–Kier alpha value is -2.30. The molecule has 0 aliphatic carbocycles. The van der Waals surface area contributed by atoms with Crippen LogP contribution in [-0.4, -0.2) is 19.9 Å². The minimum absolute atomic E-state index is 0. The fraction of sp³-hybridized carbons (Fsp3) is 0. The Labute approximate surface area is 171 Å². The van der Waals surface area contributed by atoms with Crippen molar-refractivity contribution in [1.82, 2.24) is 19.9 Å². The molecule has 4 heterocycles. The quantitative estimate of drug-likeness (QED) is 0.493. The van der Waals surface area contributed by atoms with Gasteiger partial charge < -0.3 is 4.98 Å². The van der Waals surface area contributed by atoms with Gasteiger partial charge in [0.15, 0.2) is 0 Å². The molecular weight excluding hydrogens is 385 g/mol. The molecule has 0 N–H and O–H groups in total. The van der Waals surface area contributed by atoms with E-state index in [9.17, 15) is 0 Å². The summed E-state index contributed by atoms with van der Waals surface area (Å²) in [5, 5.41) is 0. The first-order valence-corrected chi connectivity index (χ1v) is 7.48. The van der Waals surface area contributed by atoms with Crippen LogP contribution in [0.5, 0.6) is 0 Å². The molecule has 0 aromatic carbocycles. The summed E-state index contributed by atoms with van der Waals surface area (Å²) in [5.41, 5.74) is 5.46. The summed E-state index contributed by atoms with van der Waals surface area (Å²) in [7, 11) is 0. The largest absolute Gasteiger partial charge is 0.374 e. The summed E-state index contributed by atoms with van der Waals surface area (Å²) in [5.74, 6) is 0. The Bertz CT molecular complexity index is 959. The van der Waals surface area contributed by atoms with E-state index in [1.54, 1.807) is 31.0 Å². The van der Waals surface area contributed by atoms with Gasteiger partial charge in [0.1, 0.15) is 0 Å². The Morgan fingerprint density at radius 1 is 0.800 bits per heavy atom. The van der Waals surface area contributed by atoms with E-state index in [1.807, 2.05) is 42.5 Å². The molecule has 0 amide bonds.